The molecule has 0 aromatic heterocycles. The van der Waals surface area contributed by atoms with Crippen molar-refractivity contribution in [3.8, 4) is 0 Å². The molecule has 2 rings (SSSR count). The molecule has 2 atom stereocenters. The van der Waals surface area contributed by atoms with Crippen molar-refractivity contribution in [2.45, 2.75) is 44.7 Å². The predicted molar refractivity (Wildman–Crippen MR) is 59.2 cm³/mol. The van der Waals surface area contributed by atoms with Gasteiger partial charge in [-0.1, -0.05) is 6.92 Å². The summed E-state index contributed by atoms with van der Waals surface area (Å²) in [7, 11) is 2.05. The summed E-state index contributed by atoms with van der Waals surface area (Å²) in [6.45, 7) is 4.20. The van der Waals surface area contributed by atoms with Gasteiger partial charge in [-0.2, -0.15) is 0 Å². The molecule has 2 fully saturated rings. The van der Waals surface area contributed by atoms with Crippen molar-refractivity contribution in [1.29, 1.82) is 0 Å². The number of piperidine rings is 1. The maximum absolute atomic E-state index is 11.9. The summed E-state index contributed by atoms with van der Waals surface area (Å²) in [6, 6.07) is 0.798. The van der Waals surface area contributed by atoms with E-state index in [0.29, 0.717) is 24.4 Å². The Morgan fingerprint density at radius 2 is 2.33 bits per heavy atom. The molecule has 15 heavy (non-hydrogen) atoms. The Morgan fingerprint density at radius 3 is 2.87 bits per heavy atom. The average Bonchev–Trinajstić information content (AvgIpc) is 2.55. The van der Waals surface area contributed by atoms with E-state index in [1.807, 2.05) is 12.1 Å². The molecule has 86 valence electrons. The molecule has 0 aromatic carbocycles. The van der Waals surface area contributed by atoms with E-state index in [2.05, 4.69) is 17.2 Å². The molecule has 2 saturated heterocycles. The summed E-state index contributed by atoms with van der Waals surface area (Å²) >= 11 is 0. The number of carbonyl (C=O) groups is 1. The first kappa shape index (κ1) is 10.9. The lowest BCUT2D eigenvalue weighted by molar-refractivity contribution is -0.142. The zero-order valence-corrected chi connectivity index (χ0v) is 9.70. The minimum atomic E-state index is 0.304. The van der Waals surface area contributed by atoms with Crippen LogP contribution in [0.3, 0.4) is 0 Å². The smallest absolute Gasteiger partial charge is 0.238 e. The van der Waals surface area contributed by atoms with Gasteiger partial charge >= 0.3 is 0 Å². The number of nitrogens with zero attached hydrogens (tertiary/aromatic N) is 2. The van der Waals surface area contributed by atoms with E-state index >= 15 is 0 Å². The number of amides is 1. The maximum Gasteiger partial charge on any atom is 0.238 e. The first-order valence-electron chi connectivity index (χ1n) is 5.99. The highest BCUT2D eigenvalue weighted by atomic mass is 16.2. The summed E-state index contributed by atoms with van der Waals surface area (Å²) in [5.41, 5.74) is 0. The molecule has 2 aliphatic heterocycles. The van der Waals surface area contributed by atoms with Gasteiger partial charge in [0, 0.05) is 26.1 Å². The number of hydrazine groups is 1. The van der Waals surface area contributed by atoms with Gasteiger partial charge in [0.25, 0.3) is 0 Å². The van der Waals surface area contributed by atoms with Gasteiger partial charge in [-0.15, -0.1) is 0 Å². The Balaban J connectivity index is 2.03. The zero-order chi connectivity index (χ0) is 10.8. The molecule has 0 aliphatic carbocycles. The van der Waals surface area contributed by atoms with Gasteiger partial charge in [0.15, 0.2) is 0 Å². The van der Waals surface area contributed by atoms with Crippen LogP contribution in [-0.4, -0.2) is 48.1 Å². The summed E-state index contributed by atoms with van der Waals surface area (Å²) < 4.78 is 0. The van der Waals surface area contributed by atoms with Crippen LogP contribution in [0.1, 0.15) is 32.6 Å². The molecule has 2 aliphatic rings. The van der Waals surface area contributed by atoms with Gasteiger partial charge in [0.2, 0.25) is 5.91 Å². The topological polar surface area (TPSA) is 35.6 Å². The van der Waals surface area contributed by atoms with Crippen LogP contribution in [0, 0.1) is 0 Å². The quantitative estimate of drug-likeness (QED) is 0.726. The predicted octanol–water partition coefficient (Wildman–Crippen LogP) is 0.596. The van der Waals surface area contributed by atoms with E-state index in [1.54, 1.807) is 0 Å². The van der Waals surface area contributed by atoms with Crippen LogP contribution >= 0.6 is 0 Å². The normalized spacial score (nSPS) is 33.7. The molecular weight excluding hydrogens is 190 g/mol. The first-order chi connectivity index (χ1) is 7.24. The fraction of sp³-hybridized carbons (Fsp3) is 0.909. The first-order valence-corrected chi connectivity index (χ1v) is 5.99. The second-order valence-electron chi connectivity index (χ2n) is 4.58. The van der Waals surface area contributed by atoms with Crippen molar-refractivity contribution >= 4 is 5.91 Å². The van der Waals surface area contributed by atoms with E-state index in [9.17, 15) is 4.79 Å². The molecule has 0 bridgehead atoms. The van der Waals surface area contributed by atoms with E-state index in [4.69, 9.17) is 0 Å². The monoisotopic (exact) mass is 211 g/mol. The van der Waals surface area contributed by atoms with E-state index in [0.717, 1.165) is 25.9 Å². The van der Waals surface area contributed by atoms with E-state index in [-0.39, 0.29) is 0 Å². The number of nitrogens with one attached hydrogen (secondary N) is 1. The fourth-order valence-electron chi connectivity index (χ4n) is 2.69. The van der Waals surface area contributed by atoms with Crippen LogP contribution < -0.4 is 5.32 Å². The number of hydrogen-bond acceptors (Lipinski definition) is 3. The van der Waals surface area contributed by atoms with Gasteiger partial charge in [0.1, 0.15) is 0 Å². The molecule has 2 unspecified atom stereocenters. The largest absolute Gasteiger partial charge is 0.315 e. The molecule has 4 nitrogen and oxygen atoms in total. The number of hydrogen-bond donors (Lipinski definition) is 1. The molecule has 0 saturated carbocycles. The third-order valence-corrected chi connectivity index (χ3v) is 3.62. The summed E-state index contributed by atoms with van der Waals surface area (Å²) in [4.78, 5) is 11.9. The molecule has 1 amide bonds. The van der Waals surface area contributed by atoms with E-state index in [1.165, 1.54) is 6.42 Å². The lowest BCUT2D eigenvalue weighted by atomic mass is 10.1. The Morgan fingerprint density at radius 1 is 1.53 bits per heavy atom. The molecule has 0 aromatic rings. The van der Waals surface area contributed by atoms with Crippen LogP contribution in [0.15, 0.2) is 0 Å². The summed E-state index contributed by atoms with van der Waals surface area (Å²) in [6.07, 6.45) is 4.07. The van der Waals surface area contributed by atoms with E-state index < -0.39 is 0 Å². The van der Waals surface area contributed by atoms with Gasteiger partial charge in [-0.3, -0.25) is 9.80 Å². The van der Waals surface area contributed by atoms with Crippen LogP contribution in [0.25, 0.3) is 0 Å². The second kappa shape index (κ2) is 4.49. The Bertz CT molecular complexity index is 238. The summed E-state index contributed by atoms with van der Waals surface area (Å²) in [5, 5.41) is 7.50. The zero-order valence-electron chi connectivity index (χ0n) is 9.70. The molecule has 1 N–H and O–H groups in total. The second-order valence-corrected chi connectivity index (χ2v) is 4.58. The standard InChI is InChI=1S/C11H21N3O/c1-3-9-7-11(15)14(13(9)2)10-5-4-6-12-8-10/h9-10,12H,3-8H2,1-2H3. The highest BCUT2D eigenvalue weighted by Crippen LogP contribution is 2.24. The van der Waals surface area contributed by atoms with Crippen molar-refractivity contribution in [1.82, 2.24) is 15.3 Å². The van der Waals surface area contributed by atoms with Crippen LogP contribution in [0.4, 0.5) is 0 Å². The van der Waals surface area contributed by atoms with Crippen molar-refractivity contribution in [3.05, 3.63) is 0 Å². The Hall–Kier alpha value is -0.610. The third-order valence-electron chi connectivity index (χ3n) is 3.62. The Labute approximate surface area is 91.6 Å². The van der Waals surface area contributed by atoms with Gasteiger partial charge in [-0.25, -0.2) is 5.01 Å². The van der Waals surface area contributed by atoms with Crippen molar-refractivity contribution in [2.75, 3.05) is 20.1 Å². The lowest BCUT2D eigenvalue weighted by Gasteiger charge is -2.37. The fourth-order valence-corrected chi connectivity index (χ4v) is 2.69. The van der Waals surface area contributed by atoms with Gasteiger partial charge < -0.3 is 5.32 Å². The van der Waals surface area contributed by atoms with Crippen molar-refractivity contribution in [2.24, 2.45) is 0 Å². The van der Waals surface area contributed by atoms with Crippen LogP contribution in [0.5, 0.6) is 0 Å². The van der Waals surface area contributed by atoms with Crippen molar-refractivity contribution in [3.63, 3.8) is 0 Å². The molecule has 4 heteroatoms. The van der Waals surface area contributed by atoms with Crippen LogP contribution in [0.2, 0.25) is 0 Å². The maximum atomic E-state index is 11.9. The minimum Gasteiger partial charge on any atom is -0.315 e. The Kier molecular flexibility index (Phi) is 3.26. The molecule has 0 spiro atoms. The van der Waals surface area contributed by atoms with Gasteiger partial charge in [0.05, 0.1) is 6.04 Å². The van der Waals surface area contributed by atoms with Crippen LogP contribution in [-0.2, 0) is 4.79 Å². The van der Waals surface area contributed by atoms with Gasteiger partial charge in [-0.05, 0) is 25.8 Å². The average molecular weight is 211 g/mol. The molecule has 0 radical (unpaired) electrons. The highest BCUT2D eigenvalue weighted by molar-refractivity contribution is 5.78. The number of rotatable bonds is 2. The third kappa shape index (κ3) is 2.01. The summed E-state index contributed by atoms with van der Waals surface area (Å²) in [5.74, 6) is 0.304. The SMILES string of the molecule is CCC1CC(=O)N(C2CCCNC2)N1C. The molecular formula is C11H21N3O. The number of carbonyl (C=O) groups excluding carboxylic acids is 1. The minimum absolute atomic E-state index is 0.304. The lowest BCUT2D eigenvalue weighted by Crippen LogP contribution is -2.52. The van der Waals surface area contributed by atoms with Crippen molar-refractivity contribution < 1.29 is 4.79 Å². The molecule has 2 heterocycles. The highest BCUT2D eigenvalue weighted by Gasteiger charge is 2.38.